The van der Waals surface area contributed by atoms with Crippen LogP contribution in [0.5, 0.6) is 0 Å². The summed E-state index contributed by atoms with van der Waals surface area (Å²) in [5, 5.41) is 0. The van der Waals surface area contributed by atoms with E-state index in [-0.39, 0.29) is 0 Å². The Morgan fingerprint density at radius 2 is 1.95 bits per heavy atom. The van der Waals surface area contributed by atoms with E-state index in [0.29, 0.717) is 0 Å². The average molecular weight is 250 g/mol. The number of imidazole rings is 1. The second-order valence-electron chi connectivity index (χ2n) is 4.54. The molecular formula is C15H14N4. The van der Waals surface area contributed by atoms with Gasteiger partial charge in [-0.1, -0.05) is 23.8 Å². The van der Waals surface area contributed by atoms with Gasteiger partial charge in [0.25, 0.3) is 0 Å². The van der Waals surface area contributed by atoms with Crippen molar-refractivity contribution in [2.24, 2.45) is 0 Å². The molecule has 0 unspecified atom stereocenters. The zero-order valence-corrected chi connectivity index (χ0v) is 10.9. The quantitative estimate of drug-likeness (QED) is 0.760. The summed E-state index contributed by atoms with van der Waals surface area (Å²) in [5.41, 5.74) is 5.38. The number of H-pyrrole nitrogens is 1. The summed E-state index contributed by atoms with van der Waals surface area (Å²) in [5.74, 6) is 0.788. The van der Waals surface area contributed by atoms with Crippen molar-refractivity contribution in [1.29, 1.82) is 0 Å². The van der Waals surface area contributed by atoms with Crippen LogP contribution in [0.2, 0.25) is 0 Å². The predicted molar refractivity (Wildman–Crippen MR) is 74.5 cm³/mol. The van der Waals surface area contributed by atoms with E-state index in [9.17, 15) is 0 Å². The number of rotatable bonds is 2. The standard InChI is InChI=1S/C15H14N4/c1-10-3-4-12(11(2)7-10)14-13(8-16-9-19-14)15-17-5-6-18-15/h3-9H,1-2H3,(H,17,18). The summed E-state index contributed by atoms with van der Waals surface area (Å²) in [6, 6.07) is 6.35. The van der Waals surface area contributed by atoms with Crippen LogP contribution in [-0.2, 0) is 0 Å². The normalized spacial score (nSPS) is 10.6. The van der Waals surface area contributed by atoms with Gasteiger partial charge in [0.15, 0.2) is 0 Å². The van der Waals surface area contributed by atoms with E-state index >= 15 is 0 Å². The Kier molecular flexibility index (Phi) is 2.83. The Labute approximate surface area is 111 Å². The third kappa shape index (κ3) is 2.12. The Hall–Kier alpha value is -2.49. The predicted octanol–water partition coefficient (Wildman–Crippen LogP) is 3.15. The molecule has 0 aliphatic heterocycles. The van der Waals surface area contributed by atoms with Crippen LogP contribution in [0.3, 0.4) is 0 Å². The molecule has 0 bridgehead atoms. The maximum absolute atomic E-state index is 4.42. The smallest absolute Gasteiger partial charge is 0.141 e. The Balaban J connectivity index is 2.21. The fourth-order valence-electron chi connectivity index (χ4n) is 2.21. The molecule has 94 valence electrons. The van der Waals surface area contributed by atoms with Gasteiger partial charge < -0.3 is 4.98 Å². The minimum Gasteiger partial charge on any atom is -0.345 e. The summed E-state index contributed by atoms with van der Waals surface area (Å²) in [6.07, 6.45) is 6.89. The van der Waals surface area contributed by atoms with Crippen LogP contribution in [-0.4, -0.2) is 19.9 Å². The van der Waals surface area contributed by atoms with Crippen molar-refractivity contribution in [2.45, 2.75) is 13.8 Å². The van der Waals surface area contributed by atoms with Crippen LogP contribution < -0.4 is 0 Å². The molecule has 19 heavy (non-hydrogen) atoms. The summed E-state index contributed by atoms with van der Waals surface area (Å²) in [4.78, 5) is 15.9. The molecule has 0 radical (unpaired) electrons. The second-order valence-corrected chi connectivity index (χ2v) is 4.54. The zero-order valence-electron chi connectivity index (χ0n) is 10.9. The lowest BCUT2D eigenvalue weighted by molar-refractivity contribution is 1.15. The minimum absolute atomic E-state index is 0.788. The van der Waals surface area contributed by atoms with Gasteiger partial charge in [-0.3, -0.25) is 0 Å². The largest absolute Gasteiger partial charge is 0.345 e. The number of aromatic nitrogens is 4. The van der Waals surface area contributed by atoms with E-state index in [1.807, 2.05) is 0 Å². The highest BCUT2D eigenvalue weighted by Gasteiger charge is 2.12. The lowest BCUT2D eigenvalue weighted by Crippen LogP contribution is -1.94. The zero-order chi connectivity index (χ0) is 13.2. The van der Waals surface area contributed by atoms with Gasteiger partial charge >= 0.3 is 0 Å². The van der Waals surface area contributed by atoms with Crippen molar-refractivity contribution in [3.05, 3.63) is 54.2 Å². The molecule has 2 heterocycles. The number of nitrogens with zero attached hydrogens (tertiary/aromatic N) is 3. The van der Waals surface area contributed by atoms with E-state index < -0.39 is 0 Å². The number of aryl methyl sites for hydroxylation is 2. The Morgan fingerprint density at radius 3 is 2.68 bits per heavy atom. The van der Waals surface area contributed by atoms with Gasteiger partial charge in [-0.2, -0.15) is 0 Å². The first kappa shape index (κ1) is 11.6. The third-order valence-corrected chi connectivity index (χ3v) is 3.10. The minimum atomic E-state index is 0.788. The maximum atomic E-state index is 4.42. The lowest BCUT2D eigenvalue weighted by Gasteiger charge is -2.09. The van der Waals surface area contributed by atoms with E-state index in [1.54, 1.807) is 24.9 Å². The molecule has 0 saturated carbocycles. The van der Waals surface area contributed by atoms with Gasteiger partial charge in [-0.25, -0.2) is 15.0 Å². The van der Waals surface area contributed by atoms with E-state index in [1.165, 1.54) is 11.1 Å². The monoisotopic (exact) mass is 250 g/mol. The van der Waals surface area contributed by atoms with Crippen LogP contribution in [0.15, 0.2) is 43.1 Å². The molecule has 0 spiro atoms. The molecule has 4 heteroatoms. The molecule has 3 rings (SSSR count). The Morgan fingerprint density at radius 1 is 1.05 bits per heavy atom. The molecule has 0 fully saturated rings. The first-order valence-electron chi connectivity index (χ1n) is 6.13. The molecule has 0 aliphatic rings. The van der Waals surface area contributed by atoms with Crippen LogP contribution in [0, 0.1) is 13.8 Å². The Bertz CT molecular complexity index is 702. The lowest BCUT2D eigenvalue weighted by atomic mass is 10.00. The number of hydrogen-bond acceptors (Lipinski definition) is 3. The van der Waals surface area contributed by atoms with Gasteiger partial charge in [0.1, 0.15) is 12.2 Å². The van der Waals surface area contributed by atoms with Crippen LogP contribution >= 0.6 is 0 Å². The molecule has 2 aromatic heterocycles. The molecule has 4 nitrogen and oxygen atoms in total. The summed E-state index contributed by atoms with van der Waals surface area (Å²) >= 11 is 0. The topological polar surface area (TPSA) is 54.5 Å². The summed E-state index contributed by atoms with van der Waals surface area (Å²) in [6.45, 7) is 4.18. The molecule has 1 N–H and O–H groups in total. The third-order valence-electron chi connectivity index (χ3n) is 3.10. The van der Waals surface area contributed by atoms with Gasteiger partial charge in [0, 0.05) is 24.2 Å². The second kappa shape index (κ2) is 4.65. The summed E-state index contributed by atoms with van der Waals surface area (Å²) < 4.78 is 0. The summed E-state index contributed by atoms with van der Waals surface area (Å²) in [7, 11) is 0. The fraction of sp³-hybridized carbons (Fsp3) is 0.133. The molecule has 0 amide bonds. The van der Waals surface area contributed by atoms with Gasteiger partial charge in [0.05, 0.1) is 11.3 Å². The van der Waals surface area contributed by atoms with Gasteiger partial charge in [-0.05, 0) is 19.4 Å². The van der Waals surface area contributed by atoms with Crippen molar-refractivity contribution in [2.75, 3.05) is 0 Å². The van der Waals surface area contributed by atoms with Crippen LogP contribution in [0.1, 0.15) is 11.1 Å². The highest BCUT2D eigenvalue weighted by Crippen LogP contribution is 2.29. The molecule has 3 aromatic rings. The fourth-order valence-corrected chi connectivity index (χ4v) is 2.21. The molecule has 0 atom stereocenters. The SMILES string of the molecule is Cc1ccc(-c2ncncc2-c2ncc[nH]2)c(C)c1. The maximum Gasteiger partial charge on any atom is 0.141 e. The van der Waals surface area contributed by atoms with Gasteiger partial charge in [0.2, 0.25) is 0 Å². The van der Waals surface area contributed by atoms with Crippen molar-refractivity contribution in [3.63, 3.8) is 0 Å². The molecule has 1 aromatic carbocycles. The highest BCUT2D eigenvalue weighted by molar-refractivity contribution is 5.78. The van der Waals surface area contributed by atoms with Crippen LogP contribution in [0.4, 0.5) is 0 Å². The number of aromatic amines is 1. The van der Waals surface area contributed by atoms with E-state index in [0.717, 1.165) is 22.6 Å². The van der Waals surface area contributed by atoms with Crippen LogP contribution in [0.25, 0.3) is 22.6 Å². The van der Waals surface area contributed by atoms with Crippen molar-refractivity contribution in [1.82, 2.24) is 19.9 Å². The van der Waals surface area contributed by atoms with Crippen molar-refractivity contribution in [3.8, 4) is 22.6 Å². The highest BCUT2D eigenvalue weighted by atomic mass is 14.9. The average Bonchev–Trinajstić information content (AvgIpc) is 2.93. The number of nitrogens with one attached hydrogen (secondary N) is 1. The molecule has 0 aliphatic carbocycles. The van der Waals surface area contributed by atoms with Gasteiger partial charge in [-0.15, -0.1) is 0 Å². The first-order valence-corrected chi connectivity index (χ1v) is 6.13. The molecular weight excluding hydrogens is 236 g/mol. The first-order chi connectivity index (χ1) is 9.25. The number of hydrogen-bond donors (Lipinski definition) is 1. The van der Waals surface area contributed by atoms with Crippen molar-refractivity contribution < 1.29 is 0 Å². The molecule has 0 saturated heterocycles. The number of benzene rings is 1. The van der Waals surface area contributed by atoms with E-state index in [4.69, 9.17) is 0 Å². The van der Waals surface area contributed by atoms with E-state index in [2.05, 4.69) is 52.0 Å². The van der Waals surface area contributed by atoms with Crippen molar-refractivity contribution >= 4 is 0 Å².